The zero-order valence-electron chi connectivity index (χ0n) is 13.8. The number of benzene rings is 2. The molecular formula is C20H25N3. The van der Waals surface area contributed by atoms with Crippen molar-refractivity contribution >= 4 is 16.7 Å². The lowest BCUT2D eigenvalue weighted by Gasteiger charge is -2.09. The predicted molar refractivity (Wildman–Crippen MR) is 97.5 cm³/mol. The van der Waals surface area contributed by atoms with E-state index < -0.39 is 0 Å². The largest absolute Gasteiger partial charge is 0.397 e. The summed E-state index contributed by atoms with van der Waals surface area (Å²) in [6.07, 6.45) is 5.58. The Labute approximate surface area is 138 Å². The van der Waals surface area contributed by atoms with Crippen molar-refractivity contribution in [3.8, 4) is 0 Å². The van der Waals surface area contributed by atoms with Crippen molar-refractivity contribution in [3.05, 3.63) is 59.9 Å². The van der Waals surface area contributed by atoms with Crippen LogP contribution in [0.5, 0.6) is 0 Å². The van der Waals surface area contributed by atoms with E-state index in [-0.39, 0.29) is 0 Å². The summed E-state index contributed by atoms with van der Waals surface area (Å²) in [6.45, 7) is 3.21. The van der Waals surface area contributed by atoms with E-state index in [4.69, 9.17) is 10.7 Å². The molecule has 3 heteroatoms. The predicted octanol–water partition coefficient (Wildman–Crippen LogP) is 4.59. The third-order valence-electron chi connectivity index (χ3n) is 4.33. The number of aromatic nitrogens is 2. The number of nitrogens with zero attached hydrogens (tertiary/aromatic N) is 2. The molecule has 0 bridgehead atoms. The van der Waals surface area contributed by atoms with E-state index in [1.165, 1.54) is 29.7 Å². The van der Waals surface area contributed by atoms with Crippen LogP contribution in [-0.4, -0.2) is 9.55 Å². The molecule has 3 aromatic rings. The van der Waals surface area contributed by atoms with E-state index in [0.717, 1.165) is 37.0 Å². The highest BCUT2D eigenvalue weighted by atomic mass is 15.1. The van der Waals surface area contributed by atoms with Gasteiger partial charge in [0.25, 0.3) is 0 Å². The Morgan fingerprint density at radius 2 is 1.78 bits per heavy atom. The molecule has 0 aliphatic heterocycles. The maximum atomic E-state index is 6.11. The summed E-state index contributed by atoms with van der Waals surface area (Å²) in [5.41, 5.74) is 10.4. The lowest BCUT2D eigenvalue weighted by Crippen LogP contribution is -2.05. The number of unbranched alkanes of at least 4 members (excludes halogenated alkanes) is 1. The minimum atomic E-state index is 0.780. The number of nitrogens with two attached hydrogens (primary N) is 1. The molecule has 0 radical (unpaired) electrons. The summed E-state index contributed by atoms with van der Waals surface area (Å²) >= 11 is 0. The van der Waals surface area contributed by atoms with E-state index in [0.29, 0.717) is 0 Å². The number of anilines is 1. The standard InChI is InChI=1S/C20H25N3/c1-2-3-14-19-22-20-17(21)12-7-13-18(20)23(19)15-8-11-16-9-5-4-6-10-16/h4-7,9-10,12-13H,2-3,8,11,14-15,21H2,1H3. The molecule has 2 N–H and O–H groups in total. The molecule has 0 spiro atoms. The van der Waals surface area contributed by atoms with Crippen molar-refractivity contribution in [3.63, 3.8) is 0 Å². The first-order valence-corrected chi connectivity index (χ1v) is 8.57. The number of hydrogen-bond donors (Lipinski definition) is 1. The van der Waals surface area contributed by atoms with Gasteiger partial charge in [-0.05, 0) is 37.0 Å². The summed E-state index contributed by atoms with van der Waals surface area (Å²) in [5.74, 6) is 1.17. The van der Waals surface area contributed by atoms with Gasteiger partial charge >= 0.3 is 0 Å². The number of imidazole rings is 1. The molecule has 0 fully saturated rings. The average Bonchev–Trinajstić information content (AvgIpc) is 2.93. The van der Waals surface area contributed by atoms with Crippen LogP contribution in [0, 0.1) is 0 Å². The van der Waals surface area contributed by atoms with Crippen LogP contribution in [0.3, 0.4) is 0 Å². The highest BCUT2D eigenvalue weighted by Crippen LogP contribution is 2.23. The number of nitrogen functional groups attached to an aromatic ring is 1. The lowest BCUT2D eigenvalue weighted by molar-refractivity contribution is 0.611. The quantitative estimate of drug-likeness (QED) is 0.649. The van der Waals surface area contributed by atoms with E-state index in [2.05, 4.69) is 47.9 Å². The Kier molecular flexibility index (Phi) is 4.96. The summed E-state index contributed by atoms with van der Waals surface area (Å²) in [7, 11) is 0. The summed E-state index contributed by atoms with van der Waals surface area (Å²) in [5, 5.41) is 0. The van der Waals surface area contributed by atoms with Gasteiger partial charge in [-0.3, -0.25) is 0 Å². The van der Waals surface area contributed by atoms with Gasteiger partial charge in [-0.1, -0.05) is 49.7 Å². The van der Waals surface area contributed by atoms with Crippen molar-refractivity contribution in [2.45, 2.75) is 45.6 Å². The molecular weight excluding hydrogens is 282 g/mol. The number of aryl methyl sites for hydroxylation is 3. The lowest BCUT2D eigenvalue weighted by atomic mass is 10.1. The van der Waals surface area contributed by atoms with Gasteiger partial charge in [0.2, 0.25) is 0 Å². The number of rotatable bonds is 7. The third-order valence-corrected chi connectivity index (χ3v) is 4.33. The molecule has 0 atom stereocenters. The maximum Gasteiger partial charge on any atom is 0.112 e. The highest BCUT2D eigenvalue weighted by Gasteiger charge is 2.12. The topological polar surface area (TPSA) is 43.8 Å². The van der Waals surface area contributed by atoms with Gasteiger partial charge in [-0.2, -0.15) is 0 Å². The molecule has 1 heterocycles. The number of hydrogen-bond acceptors (Lipinski definition) is 2. The van der Waals surface area contributed by atoms with Gasteiger partial charge in [0.1, 0.15) is 11.3 Å². The van der Waals surface area contributed by atoms with Gasteiger partial charge in [0, 0.05) is 13.0 Å². The second kappa shape index (κ2) is 7.32. The molecule has 23 heavy (non-hydrogen) atoms. The normalized spacial score (nSPS) is 11.2. The first-order valence-electron chi connectivity index (χ1n) is 8.57. The molecule has 0 saturated carbocycles. The SMILES string of the molecule is CCCCc1nc2c(N)cccc2n1CCCc1ccccc1. The van der Waals surface area contributed by atoms with Gasteiger partial charge < -0.3 is 10.3 Å². The fraction of sp³-hybridized carbons (Fsp3) is 0.350. The zero-order valence-corrected chi connectivity index (χ0v) is 13.8. The summed E-state index contributed by atoms with van der Waals surface area (Å²) in [6, 6.07) is 16.8. The monoisotopic (exact) mass is 307 g/mol. The van der Waals surface area contributed by atoms with E-state index in [9.17, 15) is 0 Å². The van der Waals surface area contributed by atoms with Crippen LogP contribution in [0.25, 0.3) is 11.0 Å². The molecule has 0 aliphatic carbocycles. The van der Waals surface area contributed by atoms with Crippen molar-refractivity contribution in [1.82, 2.24) is 9.55 Å². The van der Waals surface area contributed by atoms with Crippen LogP contribution >= 0.6 is 0 Å². The van der Waals surface area contributed by atoms with Crippen molar-refractivity contribution < 1.29 is 0 Å². The molecule has 120 valence electrons. The Balaban J connectivity index is 1.81. The molecule has 0 amide bonds. The van der Waals surface area contributed by atoms with E-state index in [1.807, 2.05) is 12.1 Å². The first kappa shape index (κ1) is 15.6. The number of para-hydroxylation sites is 1. The minimum Gasteiger partial charge on any atom is -0.397 e. The Bertz CT molecular complexity index is 759. The van der Waals surface area contributed by atoms with Crippen LogP contribution in [0.1, 0.15) is 37.6 Å². The van der Waals surface area contributed by atoms with E-state index >= 15 is 0 Å². The third kappa shape index (κ3) is 3.55. The second-order valence-corrected chi connectivity index (χ2v) is 6.09. The Morgan fingerprint density at radius 1 is 0.957 bits per heavy atom. The Morgan fingerprint density at radius 3 is 2.57 bits per heavy atom. The fourth-order valence-corrected chi connectivity index (χ4v) is 3.08. The Hall–Kier alpha value is -2.29. The van der Waals surface area contributed by atoms with Crippen molar-refractivity contribution in [2.24, 2.45) is 0 Å². The van der Waals surface area contributed by atoms with Crippen molar-refractivity contribution in [1.29, 1.82) is 0 Å². The molecule has 2 aromatic carbocycles. The van der Waals surface area contributed by atoms with Crippen LogP contribution in [0.2, 0.25) is 0 Å². The molecule has 3 nitrogen and oxygen atoms in total. The van der Waals surface area contributed by atoms with Gasteiger partial charge in [-0.15, -0.1) is 0 Å². The molecule has 3 rings (SSSR count). The van der Waals surface area contributed by atoms with Gasteiger partial charge in [0.15, 0.2) is 0 Å². The van der Waals surface area contributed by atoms with Crippen LogP contribution < -0.4 is 5.73 Å². The second-order valence-electron chi connectivity index (χ2n) is 6.09. The maximum absolute atomic E-state index is 6.11. The van der Waals surface area contributed by atoms with Gasteiger partial charge in [0.05, 0.1) is 11.2 Å². The molecule has 1 aromatic heterocycles. The van der Waals surface area contributed by atoms with Crippen molar-refractivity contribution in [2.75, 3.05) is 5.73 Å². The smallest absolute Gasteiger partial charge is 0.112 e. The molecule has 0 saturated heterocycles. The first-order chi connectivity index (χ1) is 11.3. The van der Waals surface area contributed by atoms with Gasteiger partial charge in [-0.25, -0.2) is 4.98 Å². The minimum absolute atomic E-state index is 0.780. The van der Waals surface area contributed by atoms with Crippen LogP contribution in [0.4, 0.5) is 5.69 Å². The molecule has 0 unspecified atom stereocenters. The van der Waals surface area contributed by atoms with E-state index in [1.54, 1.807) is 0 Å². The number of fused-ring (bicyclic) bond motifs is 1. The summed E-state index contributed by atoms with van der Waals surface area (Å²) < 4.78 is 2.37. The average molecular weight is 307 g/mol. The zero-order chi connectivity index (χ0) is 16.1. The fourth-order valence-electron chi connectivity index (χ4n) is 3.08. The highest BCUT2D eigenvalue weighted by molar-refractivity contribution is 5.87. The van der Waals surface area contributed by atoms with Crippen LogP contribution in [0.15, 0.2) is 48.5 Å². The summed E-state index contributed by atoms with van der Waals surface area (Å²) in [4.78, 5) is 4.81. The van der Waals surface area contributed by atoms with Crippen LogP contribution in [-0.2, 0) is 19.4 Å². The molecule has 0 aliphatic rings.